The lowest BCUT2D eigenvalue weighted by Crippen LogP contribution is -2.08. The van der Waals surface area contributed by atoms with Crippen LogP contribution in [0.4, 0.5) is 0 Å². The Morgan fingerprint density at radius 2 is 1.44 bits per heavy atom. The molecule has 0 fully saturated rings. The van der Waals surface area contributed by atoms with Gasteiger partial charge < -0.3 is 9.11 Å². The van der Waals surface area contributed by atoms with Crippen molar-refractivity contribution in [3.05, 3.63) is 28.3 Å². The first-order chi connectivity index (χ1) is 8.36. The Balaban J connectivity index is 2.29. The third-order valence-electron chi connectivity index (χ3n) is 3.17. The molecule has 0 radical (unpaired) electrons. The van der Waals surface area contributed by atoms with Gasteiger partial charge in [0.1, 0.15) is 27.9 Å². The van der Waals surface area contributed by atoms with Gasteiger partial charge in [0.25, 0.3) is 10.1 Å². The van der Waals surface area contributed by atoms with Gasteiger partial charge in [-0.05, 0) is 28.4 Å². The van der Waals surface area contributed by atoms with Crippen LogP contribution >= 0.6 is 0 Å². The summed E-state index contributed by atoms with van der Waals surface area (Å²) in [7, 11) is -4.37. The van der Waals surface area contributed by atoms with Crippen molar-refractivity contribution in [2.45, 2.75) is 27.9 Å². The van der Waals surface area contributed by atoms with E-state index >= 15 is 0 Å². The van der Waals surface area contributed by atoms with Crippen LogP contribution in [0.2, 0.25) is 0 Å². The predicted molar refractivity (Wildman–Crippen MR) is 67.4 cm³/mol. The van der Waals surface area contributed by atoms with Crippen molar-refractivity contribution in [3.8, 4) is 0 Å². The molecule has 1 aromatic rings. The summed E-state index contributed by atoms with van der Waals surface area (Å²) >= 11 is -2.24. The van der Waals surface area contributed by atoms with Crippen molar-refractivity contribution in [2.75, 3.05) is 0 Å². The maximum Gasteiger partial charge on any atom is 0.295 e. The Bertz CT molecular complexity index is 589. The van der Waals surface area contributed by atoms with Crippen LogP contribution in [-0.4, -0.2) is 22.1 Å². The summed E-state index contributed by atoms with van der Waals surface area (Å²) in [4.78, 5) is -0.147. The third-order valence-corrected chi connectivity index (χ3v) is 6.67. The molecular formula is C10H10O5S3. The molecule has 18 heavy (non-hydrogen) atoms. The Labute approximate surface area is 111 Å². The van der Waals surface area contributed by atoms with Crippen LogP contribution in [0, 0.1) is 0 Å². The summed E-state index contributed by atoms with van der Waals surface area (Å²) in [5.41, 5.74) is 2.26. The molecule has 0 saturated heterocycles. The summed E-state index contributed by atoms with van der Waals surface area (Å²) in [6.45, 7) is 0. The number of rotatable bonds is 1. The number of benzene rings is 1. The zero-order valence-electron chi connectivity index (χ0n) is 9.21. The SMILES string of the molecule is O=S(=O)(O)c1c2c(cc3c1C[S+]([O-])C3)C[S+]([O-])C2. The van der Waals surface area contributed by atoms with Crippen molar-refractivity contribution in [3.63, 3.8) is 0 Å². The summed E-state index contributed by atoms with van der Waals surface area (Å²) in [6.07, 6.45) is 0. The molecule has 0 spiro atoms. The Kier molecular flexibility index (Phi) is 2.92. The van der Waals surface area contributed by atoms with E-state index in [0.717, 1.165) is 0 Å². The lowest BCUT2D eigenvalue weighted by molar-refractivity contribution is 0.481. The van der Waals surface area contributed by atoms with Crippen LogP contribution in [-0.2, 0) is 55.5 Å². The van der Waals surface area contributed by atoms with Gasteiger partial charge in [-0.25, -0.2) is 0 Å². The van der Waals surface area contributed by atoms with E-state index in [2.05, 4.69) is 0 Å². The van der Waals surface area contributed by atoms with E-state index in [1.807, 2.05) is 0 Å². The molecule has 0 bridgehead atoms. The van der Waals surface area contributed by atoms with Crippen LogP contribution in [0.1, 0.15) is 22.3 Å². The van der Waals surface area contributed by atoms with Crippen LogP contribution in [0.5, 0.6) is 0 Å². The third kappa shape index (κ3) is 1.97. The van der Waals surface area contributed by atoms with Gasteiger partial charge in [-0.15, -0.1) is 0 Å². The maximum absolute atomic E-state index is 11.5. The molecule has 1 aromatic carbocycles. The lowest BCUT2D eigenvalue weighted by Gasteiger charge is -2.07. The molecule has 2 atom stereocenters. The van der Waals surface area contributed by atoms with Gasteiger partial charge in [0.2, 0.25) is 0 Å². The van der Waals surface area contributed by atoms with Gasteiger partial charge in [0, 0.05) is 22.3 Å². The van der Waals surface area contributed by atoms with Crippen LogP contribution in [0.15, 0.2) is 11.0 Å². The molecule has 3 rings (SSSR count). The van der Waals surface area contributed by atoms with Crippen molar-refractivity contribution in [1.29, 1.82) is 0 Å². The highest BCUT2D eigenvalue weighted by molar-refractivity contribution is 7.90. The second-order valence-electron chi connectivity index (χ2n) is 4.41. The smallest absolute Gasteiger partial charge is 0.295 e. The average Bonchev–Trinajstić information content (AvgIpc) is 2.71. The minimum atomic E-state index is -4.37. The van der Waals surface area contributed by atoms with Crippen LogP contribution in [0.25, 0.3) is 0 Å². The van der Waals surface area contributed by atoms with E-state index in [-0.39, 0.29) is 16.4 Å². The number of fused-ring (bicyclic) bond motifs is 2. The lowest BCUT2D eigenvalue weighted by atomic mass is 10.0. The molecule has 5 nitrogen and oxygen atoms in total. The predicted octanol–water partition coefficient (Wildman–Crippen LogP) is 0.458. The normalized spacial score (nSPS) is 26.2. The topological polar surface area (TPSA) is 100 Å². The van der Waals surface area contributed by atoms with Gasteiger partial charge in [0.05, 0.1) is 0 Å². The first kappa shape index (κ1) is 12.8. The Hall–Kier alpha value is -0.250. The molecule has 0 amide bonds. The summed E-state index contributed by atoms with van der Waals surface area (Å²) < 4.78 is 55.5. The van der Waals surface area contributed by atoms with E-state index < -0.39 is 32.5 Å². The second-order valence-corrected chi connectivity index (χ2v) is 8.69. The fraction of sp³-hybridized carbons (Fsp3) is 0.400. The van der Waals surface area contributed by atoms with E-state index in [9.17, 15) is 22.1 Å². The minimum absolute atomic E-state index is 0.143. The number of hydrogen-bond acceptors (Lipinski definition) is 4. The van der Waals surface area contributed by atoms with E-state index in [4.69, 9.17) is 0 Å². The van der Waals surface area contributed by atoms with Crippen molar-refractivity contribution in [2.24, 2.45) is 0 Å². The summed E-state index contributed by atoms with van der Waals surface area (Å²) in [5, 5.41) is 0. The van der Waals surface area contributed by atoms with Crippen molar-refractivity contribution in [1.82, 2.24) is 0 Å². The largest absolute Gasteiger partial charge is 0.616 e. The molecule has 2 aliphatic heterocycles. The molecular weight excluding hydrogens is 296 g/mol. The molecule has 2 heterocycles. The fourth-order valence-electron chi connectivity index (χ4n) is 2.51. The van der Waals surface area contributed by atoms with Crippen LogP contribution in [0.3, 0.4) is 0 Å². The number of hydrogen-bond donors (Lipinski definition) is 1. The van der Waals surface area contributed by atoms with E-state index in [1.54, 1.807) is 6.07 Å². The summed E-state index contributed by atoms with van der Waals surface area (Å²) in [5.74, 6) is 0.893. The van der Waals surface area contributed by atoms with Gasteiger partial charge >= 0.3 is 0 Å². The highest BCUT2D eigenvalue weighted by atomic mass is 32.2. The molecule has 2 unspecified atom stereocenters. The monoisotopic (exact) mass is 306 g/mol. The molecule has 1 N–H and O–H groups in total. The van der Waals surface area contributed by atoms with Crippen molar-refractivity contribution < 1.29 is 22.1 Å². The Morgan fingerprint density at radius 1 is 1.00 bits per heavy atom. The molecule has 98 valence electrons. The zero-order chi connectivity index (χ0) is 13.1. The summed E-state index contributed by atoms with van der Waals surface area (Å²) in [6, 6.07) is 1.79. The van der Waals surface area contributed by atoms with E-state index in [1.165, 1.54) is 0 Å². The van der Waals surface area contributed by atoms with E-state index in [0.29, 0.717) is 33.8 Å². The highest BCUT2D eigenvalue weighted by Gasteiger charge is 2.38. The maximum atomic E-state index is 11.5. The quantitative estimate of drug-likeness (QED) is 0.600. The molecule has 0 saturated carbocycles. The van der Waals surface area contributed by atoms with Gasteiger partial charge in [-0.2, -0.15) is 8.42 Å². The molecule has 0 aliphatic carbocycles. The molecule has 0 aromatic heterocycles. The molecule has 8 heteroatoms. The standard InChI is InChI=1S/C10H10O5S3/c11-16-2-6-1-7-3-17(12)5-9(7)10(8(6)4-16)18(13,14)15/h1H,2-5H2,(H,13,14,15). The average molecular weight is 306 g/mol. The molecule has 2 aliphatic rings. The first-order valence-electron chi connectivity index (χ1n) is 5.20. The minimum Gasteiger partial charge on any atom is -0.616 e. The van der Waals surface area contributed by atoms with Gasteiger partial charge in [-0.3, -0.25) is 4.55 Å². The second kappa shape index (κ2) is 4.12. The zero-order valence-corrected chi connectivity index (χ0v) is 11.7. The first-order valence-corrected chi connectivity index (χ1v) is 9.62. The van der Waals surface area contributed by atoms with Gasteiger partial charge in [0.15, 0.2) is 0 Å². The van der Waals surface area contributed by atoms with Crippen molar-refractivity contribution >= 4 is 32.5 Å². The Morgan fingerprint density at radius 3 is 1.83 bits per heavy atom. The highest BCUT2D eigenvalue weighted by Crippen LogP contribution is 2.39. The van der Waals surface area contributed by atoms with Gasteiger partial charge in [-0.1, -0.05) is 0 Å². The fourth-order valence-corrected chi connectivity index (χ4v) is 6.44. The van der Waals surface area contributed by atoms with Crippen LogP contribution < -0.4 is 0 Å².